The van der Waals surface area contributed by atoms with Crippen LogP contribution in [0.1, 0.15) is 20.7 Å². The smallest absolute Gasteiger partial charge is 0.340 e. The molecule has 0 bridgehead atoms. The molecular weight excluding hydrogens is 344 g/mol. The van der Waals surface area contributed by atoms with Crippen molar-refractivity contribution in [1.82, 2.24) is 0 Å². The Morgan fingerprint density at radius 3 is 1.23 bits per heavy atom. The van der Waals surface area contributed by atoms with Gasteiger partial charge in [-0.15, -0.1) is 0 Å². The first kappa shape index (κ1) is 19.0. The summed E-state index contributed by atoms with van der Waals surface area (Å²) in [6.45, 7) is 0. The van der Waals surface area contributed by atoms with Gasteiger partial charge in [-0.25, -0.2) is 9.59 Å². The van der Waals surface area contributed by atoms with Crippen LogP contribution in [0.4, 0.5) is 0 Å². The highest BCUT2D eigenvalue weighted by atomic mass is 16.6. The molecule has 0 aromatic heterocycles. The van der Waals surface area contributed by atoms with Crippen LogP contribution in [-0.4, -0.2) is 46.3 Å². The lowest BCUT2D eigenvalue weighted by atomic mass is 10.2. The molecule has 26 heavy (non-hydrogen) atoms. The van der Waals surface area contributed by atoms with E-state index in [2.05, 4.69) is 9.47 Å². The van der Waals surface area contributed by atoms with Crippen molar-refractivity contribution in [2.24, 2.45) is 0 Å². The standard InChI is InChI=1S/C18H14O8/c19-13(17(23)25-15(21)11-7-3-1-4-8-11)14(20)18(24)26-16(22)12-9-5-2-6-10-12/h1-10,17-18,23-24H. The molecule has 0 heterocycles. The first-order valence-electron chi connectivity index (χ1n) is 7.36. The molecule has 0 radical (unpaired) electrons. The Hall–Kier alpha value is -3.36. The topological polar surface area (TPSA) is 127 Å². The van der Waals surface area contributed by atoms with Crippen LogP contribution in [0.5, 0.6) is 0 Å². The Kier molecular flexibility index (Phi) is 6.31. The maximum atomic E-state index is 11.7. The van der Waals surface area contributed by atoms with Crippen LogP contribution >= 0.6 is 0 Å². The van der Waals surface area contributed by atoms with E-state index in [-0.39, 0.29) is 11.1 Å². The molecule has 2 rings (SSSR count). The minimum atomic E-state index is -2.44. The molecule has 2 N–H and O–H groups in total. The zero-order chi connectivity index (χ0) is 19.1. The van der Waals surface area contributed by atoms with Crippen molar-refractivity contribution in [3.05, 3.63) is 71.8 Å². The maximum Gasteiger partial charge on any atom is 0.340 e. The van der Waals surface area contributed by atoms with E-state index >= 15 is 0 Å². The van der Waals surface area contributed by atoms with Crippen molar-refractivity contribution in [2.45, 2.75) is 12.6 Å². The summed E-state index contributed by atoms with van der Waals surface area (Å²) in [6.07, 6.45) is -4.89. The van der Waals surface area contributed by atoms with Crippen LogP contribution in [0.3, 0.4) is 0 Å². The highest BCUT2D eigenvalue weighted by Crippen LogP contribution is 2.07. The molecule has 0 aliphatic carbocycles. The van der Waals surface area contributed by atoms with Crippen LogP contribution in [0, 0.1) is 0 Å². The Bertz CT molecular complexity index is 731. The van der Waals surface area contributed by atoms with E-state index in [1.807, 2.05) is 0 Å². The van der Waals surface area contributed by atoms with Gasteiger partial charge in [0.2, 0.25) is 0 Å². The Morgan fingerprint density at radius 2 is 0.923 bits per heavy atom. The van der Waals surface area contributed by atoms with Gasteiger partial charge in [-0.05, 0) is 24.3 Å². The summed E-state index contributed by atoms with van der Waals surface area (Å²) < 4.78 is 8.91. The average molecular weight is 358 g/mol. The van der Waals surface area contributed by atoms with Crippen molar-refractivity contribution in [3.8, 4) is 0 Å². The minimum Gasteiger partial charge on any atom is -0.424 e. The largest absolute Gasteiger partial charge is 0.424 e. The van der Waals surface area contributed by atoms with Gasteiger partial charge in [0, 0.05) is 0 Å². The second kappa shape index (κ2) is 8.65. The molecule has 0 saturated heterocycles. The number of carbonyl (C=O) groups is 4. The summed E-state index contributed by atoms with van der Waals surface area (Å²) in [5.74, 6) is -5.37. The highest BCUT2D eigenvalue weighted by Gasteiger charge is 2.34. The maximum absolute atomic E-state index is 11.7. The summed E-state index contributed by atoms with van der Waals surface area (Å²) in [5.41, 5.74) is 0.0886. The SMILES string of the molecule is O=C(OC(O)C(=O)C(=O)C(O)OC(=O)c1ccccc1)c1ccccc1. The van der Waals surface area contributed by atoms with Crippen LogP contribution in [-0.2, 0) is 19.1 Å². The second-order valence-corrected chi connectivity index (χ2v) is 4.98. The number of ketones is 2. The second-order valence-electron chi connectivity index (χ2n) is 4.98. The molecule has 8 nitrogen and oxygen atoms in total. The molecule has 0 saturated carbocycles. The van der Waals surface area contributed by atoms with Gasteiger partial charge in [0.25, 0.3) is 24.1 Å². The van der Waals surface area contributed by atoms with E-state index < -0.39 is 36.1 Å². The van der Waals surface area contributed by atoms with Crippen molar-refractivity contribution in [2.75, 3.05) is 0 Å². The minimum absolute atomic E-state index is 0.0443. The number of benzene rings is 2. The van der Waals surface area contributed by atoms with Crippen LogP contribution in [0.15, 0.2) is 60.7 Å². The lowest BCUT2D eigenvalue weighted by Gasteiger charge is -2.13. The number of Topliss-reactive ketones (excluding diaryl/α,β-unsaturated/α-hetero) is 2. The zero-order valence-corrected chi connectivity index (χ0v) is 13.3. The highest BCUT2D eigenvalue weighted by molar-refractivity contribution is 6.40. The van der Waals surface area contributed by atoms with Crippen LogP contribution < -0.4 is 0 Å². The van der Waals surface area contributed by atoms with Gasteiger partial charge < -0.3 is 19.7 Å². The predicted octanol–water partition coefficient (Wildman–Crippen LogP) is 0.475. The van der Waals surface area contributed by atoms with E-state index in [4.69, 9.17) is 0 Å². The van der Waals surface area contributed by atoms with Crippen molar-refractivity contribution in [1.29, 1.82) is 0 Å². The van der Waals surface area contributed by atoms with Gasteiger partial charge in [-0.3, -0.25) is 9.59 Å². The predicted molar refractivity (Wildman–Crippen MR) is 85.7 cm³/mol. The summed E-state index contributed by atoms with van der Waals surface area (Å²) in [5, 5.41) is 19.1. The lowest BCUT2D eigenvalue weighted by molar-refractivity contribution is -0.166. The van der Waals surface area contributed by atoms with Gasteiger partial charge in [-0.1, -0.05) is 36.4 Å². The molecule has 0 aliphatic rings. The molecule has 134 valence electrons. The van der Waals surface area contributed by atoms with E-state index in [9.17, 15) is 29.4 Å². The summed E-state index contributed by atoms with van der Waals surface area (Å²) in [7, 11) is 0. The Morgan fingerprint density at radius 1 is 0.615 bits per heavy atom. The molecule has 0 fully saturated rings. The Balaban J connectivity index is 1.94. The van der Waals surface area contributed by atoms with Gasteiger partial charge in [0.05, 0.1) is 11.1 Å². The van der Waals surface area contributed by atoms with Crippen LogP contribution in [0.2, 0.25) is 0 Å². The third-order valence-corrected chi connectivity index (χ3v) is 3.15. The number of esters is 2. The molecule has 2 unspecified atom stereocenters. The first-order chi connectivity index (χ1) is 12.4. The lowest BCUT2D eigenvalue weighted by Crippen LogP contribution is -2.40. The van der Waals surface area contributed by atoms with E-state index in [0.29, 0.717) is 0 Å². The third-order valence-electron chi connectivity index (χ3n) is 3.15. The van der Waals surface area contributed by atoms with Gasteiger partial charge in [0.15, 0.2) is 0 Å². The number of hydrogen-bond acceptors (Lipinski definition) is 8. The van der Waals surface area contributed by atoms with Crippen molar-refractivity contribution < 1.29 is 38.9 Å². The molecule has 0 spiro atoms. The number of carbonyl (C=O) groups excluding carboxylic acids is 4. The van der Waals surface area contributed by atoms with E-state index in [0.717, 1.165) is 0 Å². The average Bonchev–Trinajstić information content (AvgIpc) is 2.67. The monoisotopic (exact) mass is 358 g/mol. The van der Waals surface area contributed by atoms with Gasteiger partial charge in [-0.2, -0.15) is 0 Å². The zero-order valence-electron chi connectivity index (χ0n) is 13.3. The normalized spacial score (nSPS) is 12.5. The number of aliphatic hydroxyl groups is 2. The summed E-state index contributed by atoms with van der Waals surface area (Å²) in [4.78, 5) is 46.9. The number of rotatable bonds is 7. The fourth-order valence-electron chi connectivity index (χ4n) is 1.84. The number of hydrogen-bond donors (Lipinski definition) is 2. The quantitative estimate of drug-likeness (QED) is 0.415. The van der Waals surface area contributed by atoms with Crippen molar-refractivity contribution >= 4 is 23.5 Å². The Labute approximate surface area is 147 Å². The fraction of sp³-hybridized carbons (Fsp3) is 0.111. The number of ether oxygens (including phenoxy) is 2. The molecule has 2 atom stereocenters. The van der Waals surface area contributed by atoms with E-state index in [1.165, 1.54) is 48.5 Å². The van der Waals surface area contributed by atoms with Gasteiger partial charge in [0.1, 0.15) is 0 Å². The third kappa shape index (κ3) is 4.82. The molecule has 8 heteroatoms. The molecule has 0 aliphatic heterocycles. The van der Waals surface area contributed by atoms with Crippen molar-refractivity contribution in [3.63, 3.8) is 0 Å². The first-order valence-corrected chi connectivity index (χ1v) is 7.36. The van der Waals surface area contributed by atoms with E-state index in [1.54, 1.807) is 12.1 Å². The fourth-order valence-corrected chi connectivity index (χ4v) is 1.84. The number of aliphatic hydroxyl groups excluding tert-OH is 2. The molecular formula is C18H14O8. The van der Waals surface area contributed by atoms with Crippen LogP contribution in [0.25, 0.3) is 0 Å². The summed E-state index contributed by atoms with van der Waals surface area (Å²) in [6, 6.07) is 14.9. The molecule has 0 amide bonds. The van der Waals surface area contributed by atoms with Gasteiger partial charge >= 0.3 is 11.9 Å². The molecule has 2 aromatic rings. The summed E-state index contributed by atoms with van der Waals surface area (Å²) >= 11 is 0. The molecule has 2 aromatic carbocycles.